The quantitative estimate of drug-likeness (QED) is 0.797. The van der Waals surface area contributed by atoms with Gasteiger partial charge in [0.15, 0.2) is 0 Å². The molecule has 84 valence electrons. The largest absolute Gasteiger partial charge is 0.480 e. The first-order chi connectivity index (χ1) is 6.87. The van der Waals surface area contributed by atoms with Gasteiger partial charge in [-0.1, -0.05) is 0 Å². The average molecular weight is 223 g/mol. The number of aliphatic carboxylic acids is 1. The zero-order chi connectivity index (χ0) is 11.5. The Morgan fingerprint density at radius 2 is 2.27 bits per heavy atom. The molecule has 0 spiro atoms. The van der Waals surface area contributed by atoms with E-state index in [1.165, 1.54) is 6.07 Å². The van der Waals surface area contributed by atoms with E-state index >= 15 is 0 Å². The molecule has 15 heavy (non-hydrogen) atoms. The Labute approximate surface area is 82.5 Å². The van der Waals surface area contributed by atoms with Crippen LogP contribution in [0, 0.1) is 0 Å². The third-order valence-electron chi connectivity index (χ3n) is 1.40. The van der Waals surface area contributed by atoms with Crippen molar-refractivity contribution in [2.75, 3.05) is 11.9 Å². The van der Waals surface area contributed by atoms with Gasteiger partial charge in [0.05, 0.1) is 0 Å². The van der Waals surface area contributed by atoms with Crippen LogP contribution in [0.1, 0.15) is 0 Å². The van der Waals surface area contributed by atoms with Crippen molar-refractivity contribution >= 4 is 11.8 Å². The highest BCUT2D eigenvalue weighted by Gasteiger charge is 2.28. The summed E-state index contributed by atoms with van der Waals surface area (Å²) >= 11 is 0. The van der Waals surface area contributed by atoms with E-state index in [1.807, 2.05) is 0 Å². The van der Waals surface area contributed by atoms with Crippen LogP contribution in [0.15, 0.2) is 12.3 Å². The van der Waals surface area contributed by atoms with Crippen molar-refractivity contribution < 1.29 is 23.1 Å². The zero-order valence-corrected chi connectivity index (χ0v) is 7.45. The fourth-order valence-corrected chi connectivity index (χ4v) is 0.894. The smallest absolute Gasteiger partial charge is 0.408 e. The Balaban J connectivity index is 2.53. The molecule has 0 aliphatic rings. The van der Waals surface area contributed by atoms with E-state index in [4.69, 9.17) is 5.11 Å². The van der Waals surface area contributed by atoms with Gasteiger partial charge in [0.1, 0.15) is 18.9 Å². The van der Waals surface area contributed by atoms with Crippen molar-refractivity contribution in [3.05, 3.63) is 12.3 Å². The number of rotatable bonds is 4. The Kier molecular flexibility index (Phi) is 3.17. The predicted molar refractivity (Wildman–Crippen MR) is 44.4 cm³/mol. The van der Waals surface area contributed by atoms with Crippen LogP contribution in [-0.4, -0.2) is 33.6 Å². The van der Waals surface area contributed by atoms with E-state index in [0.29, 0.717) is 4.68 Å². The van der Waals surface area contributed by atoms with Crippen LogP contribution in [-0.2, 0) is 11.3 Å². The van der Waals surface area contributed by atoms with Crippen LogP contribution in [0.5, 0.6) is 0 Å². The molecule has 0 bridgehead atoms. The van der Waals surface area contributed by atoms with E-state index in [2.05, 4.69) is 10.4 Å². The summed E-state index contributed by atoms with van der Waals surface area (Å²) in [5.41, 5.74) is 0. The van der Waals surface area contributed by atoms with Gasteiger partial charge >= 0.3 is 12.1 Å². The fourth-order valence-electron chi connectivity index (χ4n) is 0.894. The topological polar surface area (TPSA) is 67.2 Å². The van der Waals surface area contributed by atoms with Gasteiger partial charge in [-0.2, -0.15) is 18.3 Å². The van der Waals surface area contributed by atoms with Crippen molar-refractivity contribution in [1.29, 1.82) is 0 Å². The third kappa shape index (κ3) is 4.34. The van der Waals surface area contributed by atoms with Gasteiger partial charge in [-0.25, -0.2) is 0 Å². The summed E-state index contributed by atoms with van der Waals surface area (Å²) in [4.78, 5) is 10.1. The molecule has 0 aliphatic heterocycles. The molecule has 0 unspecified atom stereocenters. The molecule has 0 aliphatic carbocycles. The van der Waals surface area contributed by atoms with Crippen molar-refractivity contribution in [1.82, 2.24) is 9.78 Å². The highest BCUT2D eigenvalue weighted by molar-refractivity contribution is 5.72. The molecule has 1 heterocycles. The first-order valence-corrected chi connectivity index (χ1v) is 3.93. The number of aromatic nitrogens is 2. The fraction of sp³-hybridized carbons (Fsp3) is 0.429. The molecule has 2 N–H and O–H groups in total. The van der Waals surface area contributed by atoms with Gasteiger partial charge in [-0.15, -0.1) is 0 Å². The minimum Gasteiger partial charge on any atom is -0.480 e. The van der Waals surface area contributed by atoms with Crippen molar-refractivity contribution in [3.63, 3.8) is 0 Å². The second kappa shape index (κ2) is 4.20. The van der Waals surface area contributed by atoms with Crippen LogP contribution in [0.3, 0.4) is 0 Å². The lowest BCUT2D eigenvalue weighted by Crippen LogP contribution is -2.18. The van der Waals surface area contributed by atoms with Crippen molar-refractivity contribution in [2.24, 2.45) is 0 Å². The lowest BCUT2D eigenvalue weighted by molar-refractivity contribution is -0.142. The van der Waals surface area contributed by atoms with Crippen LogP contribution < -0.4 is 5.32 Å². The maximum atomic E-state index is 11.9. The van der Waals surface area contributed by atoms with Crippen LogP contribution in [0.2, 0.25) is 0 Å². The monoisotopic (exact) mass is 223 g/mol. The number of hydrogen-bond donors (Lipinski definition) is 2. The zero-order valence-electron chi connectivity index (χ0n) is 7.45. The van der Waals surface area contributed by atoms with Gasteiger partial charge in [0.2, 0.25) is 0 Å². The number of carboxylic acid groups (broad SMARTS) is 1. The summed E-state index contributed by atoms with van der Waals surface area (Å²) in [7, 11) is 0. The first-order valence-electron chi connectivity index (χ1n) is 3.93. The Morgan fingerprint density at radius 3 is 2.80 bits per heavy atom. The molecule has 1 aromatic heterocycles. The Morgan fingerprint density at radius 1 is 1.60 bits per heavy atom. The van der Waals surface area contributed by atoms with Gasteiger partial charge in [0, 0.05) is 12.3 Å². The van der Waals surface area contributed by atoms with E-state index in [0.717, 1.165) is 6.20 Å². The number of carboxylic acids is 1. The van der Waals surface area contributed by atoms with Gasteiger partial charge in [-0.05, 0) is 0 Å². The number of carbonyl (C=O) groups is 1. The molecule has 1 rings (SSSR count). The first kappa shape index (κ1) is 11.3. The SMILES string of the molecule is O=C(O)CNc1ccn(CC(F)(F)F)n1. The summed E-state index contributed by atoms with van der Waals surface area (Å²) in [6.07, 6.45) is -3.21. The van der Waals surface area contributed by atoms with E-state index < -0.39 is 18.7 Å². The van der Waals surface area contributed by atoms with Crippen LogP contribution in [0.4, 0.5) is 19.0 Å². The van der Waals surface area contributed by atoms with Gasteiger partial charge < -0.3 is 10.4 Å². The van der Waals surface area contributed by atoms with Crippen molar-refractivity contribution in [3.8, 4) is 0 Å². The molecule has 0 fully saturated rings. The van der Waals surface area contributed by atoms with Gasteiger partial charge in [-0.3, -0.25) is 9.48 Å². The third-order valence-corrected chi connectivity index (χ3v) is 1.40. The summed E-state index contributed by atoms with van der Waals surface area (Å²) in [6, 6.07) is 1.27. The maximum Gasteiger partial charge on any atom is 0.408 e. The van der Waals surface area contributed by atoms with E-state index in [1.54, 1.807) is 0 Å². The molecule has 0 aromatic carbocycles. The Hall–Kier alpha value is -1.73. The summed E-state index contributed by atoms with van der Waals surface area (Å²) in [5.74, 6) is -1.01. The number of alkyl halides is 3. The number of halogens is 3. The highest BCUT2D eigenvalue weighted by Crippen LogP contribution is 2.17. The standard InChI is InChI=1S/C7H8F3N3O2/c8-7(9,10)4-13-2-1-5(12-13)11-3-6(14)15/h1-2H,3-4H2,(H,11,12)(H,14,15). The number of anilines is 1. The second-order valence-corrected chi connectivity index (χ2v) is 2.76. The van der Waals surface area contributed by atoms with Gasteiger partial charge in [0.25, 0.3) is 0 Å². The molecule has 1 aromatic rings. The molecular formula is C7H8F3N3O2. The normalized spacial score (nSPS) is 11.4. The molecule has 0 saturated heterocycles. The second-order valence-electron chi connectivity index (χ2n) is 2.76. The summed E-state index contributed by atoms with van der Waals surface area (Å²) < 4.78 is 36.4. The lowest BCUT2D eigenvalue weighted by atomic mass is 10.6. The molecule has 0 saturated carbocycles. The van der Waals surface area contributed by atoms with Crippen molar-refractivity contribution in [2.45, 2.75) is 12.7 Å². The number of nitrogens with one attached hydrogen (secondary N) is 1. The Bertz CT molecular complexity index is 347. The van der Waals surface area contributed by atoms with E-state index in [9.17, 15) is 18.0 Å². The predicted octanol–water partition coefficient (Wildman–Crippen LogP) is 0.942. The molecule has 0 amide bonds. The maximum absolute atomic E-state index is 11.9. The summed E-state index contributed by atoms with van der Waals surface area (Å²) in [6.45, 7) is -1.58. The summed E-state index contributed by atoms with van der Waals surface area (Å²) in [5, 5.41) is 14.1. The molecule has 8 heteroatoms. The molecule has 0 radical (unpaired) electrons. The lowest BCUT2D eigenvalue weighted by Gasteiger charge is -2.05. The average Bonchev–Trinajstić information content (AvgIpc) is 2.45. The van der Waals surface area contributed by atoms with Crippen LogP contribution >= 0.6 is 0 Å². The number of nitrogens with zero attached hydrogens (tertiary/aromatic N) is 2. The highest BCUT2D eigenvalue weighted by atomic mass is 19.4. The molecule has 5 nitrogen and oxygen atoms in total. The molecule has 0 atom stereocenters. The minimum atomic E-state index is -4.34. The number of hydrogen-bond acceptors (Lipinski definition) is 3. The van der Waals surface area contributed by atoms with E-state index in [-0.39, 0.29) is 12.4 Å². The van der Waals surface area contributed by atoms with Crippen LogP contribution in [0.25, 0.3) is 0 Å². The minimum absolute atomic E-state index is 0.0988. The molecular weight excluding hydrogens is 215 g/mol.